The lowest BCUT2D eigenvalue weighted by atomic mass is 10.2. The number of unbranched alkanes of at least 4 members (excludes halogenated alkanes) is 2. The van der Waals surface area contributed by atoms with Crippen LogP contribution in [0.1, 0.15) is 38.7 Å². The first-order chi connectivity index (χ1) is 11.3. The Balaban J connectivity index is 1.92. The van der Waals surface area contributed by atoms with Crippen LogP contribution < -0.4 is 10.6 Å². The van der Waals surface area contributed by atoms with E-state index in [4.69, 9.17) is 0 Å². The summed E-state index contributed by atoms with van der Waals surface area (Å²) in [4.78, 5) is 4.63. The van der Waals surface area contributed by atoms with E-state index in [0.717, 1.165) is 30.3 Å². The van der Waals surface area contributed by atoms with Gasteiger partial charge in [0.1, 0.15) is 0 Å². The highest BCUT2D eigenvalue weighted by atomic mass is 15.3. The topological polar surface area (TPSA) is 54.2 Å². The van der Waals surface area contributed by atoms with Crippen LogP contribution in [0.5, 0.6) is 0 Å². The van der Waals surface area contributed by atoms with Crippen molar-refractivity contribution in [3.63, 3.8) is 0 Å². The van der Waals surface area contributed by atoms with E-state index in [-0.39, 0.29) is 0 Å². The van der Waals surface area contributed by atoms with Crippen molar-refractivity contribution in [1.82, 2.24) is 20.4 Å². The summed E-state index contributed by atoms with van der Waals surface area (Å²) in [5, 5.41) is 11.1. The molecule has 1 aromatic carbocycles. The van der Waals surface area contributed by atoms with Gasteiger partial charge in [0.05, 0.1) is 18.4 Å². The predicted molar refractivity (Wildman–Crippen MR) is 95.9 cm³/mol. The summed E-state index contributed by atoms with van der Waals surface area (Å²) in [7, 11) is 0. The summed E-state index contributed by atoms with van der Waals surface area (Å²) >= 11 is 0. The van der Waals surface area contributed by atoms with Crippen molar-refractivity contribution < 1.29 is 0 Å². The molecule has 1 aromatic heterocycles. The third-order valence-electron chi connectivity index (χ3n) is 3.49. The number of hydrogen-bond acceptors (Lipinski definition) is 2. The molecule has 1 heterocycles. The van der Waals surface area contributed by atoms with Gasteiger partial charge in [-0.3, -0.25) is 0 Å². The summed E-state index contributed by atoms with van der Waals surface area (Å²) in [5.74, 6) is 0.871. The largest absolute Gasteiger partial charge is 0.357 e. The lowest BCUT2D eigenvalue weighted by Crippen LogP contribution is -2.37. The van der Waals surface area contributed by atoms with Crippen molar-refractivity contribution in [2.75, 3.05) is 13.1 Å². The van der Waals surface area contributed by atoms with Crippen LogP contribution >= 0.6 is 0 Å². The molecule has 0 radical (unpaired) electrons. The minimum atomic E-state index is 0.621. The van der Waals surface area contributed by atoms with Crippen LogP contribution in [0.4, 0.5) is 0 Å². The lowest BCUT2D eigenvalue weighted by Gasteiger charge is -2.10. The maximum Gasteiger partial charge on any atom is 0.191 e. The minimum absolute atomic E-state index is 0.621. The fourth-order valence-corrected chi connectivity index (χ4v) is 2.26. The van der Waals surface area contributed by atoms with E-state index in [2.05, 4.69) is 34.6 Å². The molecule has 0 atom stereocenters. The number of hydrogen-bond donors (Lipinski definition) is 2. The van der Waals surface area contributed by atoms with Crippen LogP contribution in [-0.2, 0) is 6.54 Å². The molecule has 5 nitrogen and oxygen atoms in total. The normalized spacial score (nSPS) is 11.5. The molecule has 2 aromatic rings. The van der Waals surface area contributed by atoms with Crippen LogP contribution in [-0.4, -0.2) is 28.8 Å². The number of rotatable bonds is 8. The molecule has 0 aliphatic carbocycles. The van der Waals surface area contributed by atoms with Gasteiger partial charge in [0.2, 0.25) is 0 Å². The minimum Gasteiger partial charge on any atom is -0.357 e. The maximum absolute atomic E-state index is 4.63. The van der Waals surface area contributed by atoms with Gasteiger partial charge >= 0.3 is 0 Å². The zero-order valence-corrected chi connectivity index (χ0v) is 14.1. The van der Waals surface area contributed by atoms with Gasteiger partial charge in [-0.25, -0.2) is 9.67 Å². The average Bonchev–Trinajstić information content (AvgIpc) is 3.06. The Labute approximate surface area is 138 Å². The molecule has 2 rings (SSSR count). The number of nitrogens with one attached hydrogen (secondary N) is 2. The summed E-state index contributed by atoms with van der Waals surface area (Å²) in [6.45, 7) is 6.74. The molecule has 23 heavy (non-hydrogen) atoms. The lowest BCUT2D eigenvalue weighted by molar-refractivity contribution is 0.683. The van der Waals surface area contributed by atoms with Gasteiger partial charge in [0.25, 0.3) is 0 Å². The van der Waals surface area contributed by atoms with Crippen molar-refractivity contribution in [1.29, 1.82) is 0 Å². The Morgan fingerprint density at radius 3 is 2.70 bits per heavy atom. The molecule has 2 N–H and O–H groups in total. The zero-order valence-electron chi connectivity index (χ0n) is 14.1. The first-order valence-corrected chi connectivity index (χ1v) is 8.44. The van der Waals surface area contributed by atoms with Crippen LogP contribution in [0.3, 0.4) is 0 Å². The molecule has 0 saturated carbocycles. The number of benzene rings is 1. The number of para-hydroxylation sites is 1. The number of aromatic nitrogens is 2. The molecule has 0 amide bonds. The second kappa shape index (κ2) is 9.66. The van der Waals surface area contributed by atoms with Gasteiger partial charge in [-0.15, -0.1) is 0 Å². The summed E-state index contributed by atoms with van der Waals surface area (Å²) in [5.41, 5.74) is 2.16. The van der Waals surface area contributed by atoms with Crippen LogP contribution in [0.25, 0.3) is 5.69 Å². The second-order valence-corrected chi connectivity index (χ2v) is 5.46. The quantitative estimate of drug-likeness (QED) is 0.447. The standard InChI is InChI=1S/C18H27N5/c1-3-5-9-12-20-18(19-4-2)21-13-16-14-22-23(15-16)17-10-7-6-8-11-17/h6-8,10-11,14-15H,3-5,9,12-13H2,1-2H3,(H2,19,20,21). The van der Waals surface area contributed by atoms with Crippen molar-refractivity contribution >= 4 is 5.96 Å². The molecule has 124 valence electrons. The van der Waals surface area contributed by atoms with Gasteiger partial charge in [0, 0.05) is 24.8 Å². The Morgan fingerprint density at radius 1 is 1.13 bits per heavy atom. The van der Waals surface area contributed by atoms with Crippen molar-refractivity contribution in [2.24, 2.45) is 4.99 Å². The molecule has 5 heteroatoms. The SMILES string of the molecule is CCCCCNC(=NCc1cnn(-c2ccccc2)c1)NCC. The third-order valence-corrected chi connectivity index (χ3v) is 3.49. The Hall–Kier alpha value is -2.30. The highest BCUT2D eigenvalue weighted by molar-refractivity contribution is 5.79. The van der Waals surface area contributed by atoms with Crippen molar-refractivity contribution in [2.45, 2.75) is 39.7 Å². The predicted octanol–water partition coefficient (Wildman–Crippen LogP) is 3.12. The Bertz CT molecular complexity index is 588. The van der Waals surface area contributed by atoms with Gasteiger partial charge in [-0.1, -0.05) is 38.0 Å². The van der Waals surface area contributed by atoms with E-state index in [1.165, 1.54) is 19.3 Å². The van der Waals surface area contributed by atoms with Crippen LogP contribution in [0.15, 0.2) is 47.7 Å². The first kappa shape index (κ1) is 17.1. The number of nitrogens with zero attached hydrogens (tertiary/aromatic N) is 3. The highest BCUT2D eigenvalue weighted by Crippen LogP contribution is 2.08. The summed E-state index contributed by atoms with van der Waals surface area (Å²) in [6.07, 6.45) is 7.55. The van der Waals surface area contributed by atoms with E-state index in [9.17, 15) is 0 Å². The van der Waals surface area contributed by atoms with Crippen molar-refractivity contribution in [3.05, 3.63) is 48.3 Å². The summed E-state index contributed by atoms with van der Waals surface area (Å²) < 4.78 is 1.88. The fourth-order valence-electron chi connectivity index (χ4n) is 2.26. The van der Waals surface area contributed by atoms with Crippen LogP contribution in [0.2, 0.25) is 0 Å². The fraction of sp³-hybridized carbons (Fsp3) is 0.444. The molecular formula is C18H27N5. The van der Waals surface area contributed by atoms with E-state index in [0.29, 0.717) is 6.54 Å². The Morgan fingerprint density at radius 2 is 1.96 bits per heavy atom. The van der Waals surface area contributed by atoms with Gasteiger partial charge in [-0.2, -0.15) is 5.10 Å². The molecular weight excluding hydrogens is 286 g/mol. The summed E-state index contributed by atoms with van der Waals surface area (Å²) in [6, 6.07) is 10.1. The second-order valence-electron chi connectivity index (χ2n) is 5.46. The van der Waals surface area contributed by atoms with Gasteiger partial charge in [-0.05, 0) is 25.5 Å². The molecule has 0 bridgehead atoms. The number of guanidine groups is 1. The molecule has 0 fully saturated rings. The maximum atomic E-state index is 4.63. The molecule has 0 aliphatic heterocycles. The van der Waals surface area contributed by atoms with Crippen molar-refractivity contribution in [3.8, 4) is 5.69 Å². The number of aliphatic imine (C=N–C) groups is 1. The van der Waals surface area contributed by atoms with Gasteiger partial charge in [0.15, 0.2) is 5.96 Å². The Kier molecular flexibility index (Phi) is 7.17. The monoisotopic (exact) mass is 313 g/mol. The highest BCUT2D eigenvalue weighted by Gasteiger charge is 2.01. The zero-order chi connectivity index (χ0) is 16.3. The molecule has 0 aliphatic rings. The van der Waals surface area contributed by atoms with Gasteiger partial charge < -0.3 is 10.6 Å². The van der Waals surface area contributed by atoms with E-state index in [1.54, 1.807) is 0 Å². The molecule has 0 spiro atoms. The van der Waals surface area contributed by atoms with Crippen LogP contribution in [0, 0.1) is 0 Å². The molecule has 0 unspecified atom stereocenters. The smallest absolute Gasteiger partial charge is 0.191 e. The van der Waals surface area contributed by atoms with E-state index >= 15 is 0 Å². The third kappa shape index (κ3) is 5.77. The van der Waals surface area contributed by atoms with E-state index in [1.807, 2.05) is 47.4 Å². The van der Waals surface area contributed by atoms with E-state index < -0.39 is 0 Å². The first-order valence-electron chi connectivity index (χ1n) is 8.44. The average molecular weight is 313 g/mol. The molecule has 0 saturated heterocycles.